The molecule has 1 amide bonds. The third kappa shape index (κ3) is 2.73. The monoisotopic (exact) mass is 231 g/mol. The van der Waals surface area contributed by atoms with Gasteiger partial charge in [0.2, 0.25) is 5.91 Å². The maximum absolute atomic E-state index is 12.0. The molecule has 2 rings (SSSR count). The van der Waals surface area contributed by atoms with Gasteiger partial charge in [0.05, 0.1) is 0 Å². The third-order valence-corrected chi connectivity index (χ3v) is 3.39. The third-order valence-electron chi connectivity index (χ3n) is 3.39. The number of likely N-dealkylation sites (tertiary alicyclic amines) is 1. The molecule has 3 heteroatoms. The van der Waals surface area contributed by atoms with Crippen LogP contribution in [-0.2, 0) is 4.79 Å². The van der Waals surface area contributed by atoms with Crippen molar-refractivity contribution in [1.29, 1.82) is 0 Å². The number of nitrogens with zero attached hydrogens (tertiary/aromatic N) is 1. The van der Waals surface area contributed by atoms with E-state index < -0.39 is 0 Å². The van der Waals surface area contributed by atoms with Crippen LogP contribution in [0, 0.1) is 0 Å². The van der Waals surface area contributed by atoms with E-state index in [1.165, 1.54) is 0 Å². The van der Waals surface area contributed by atoms with E-state index >= 15 is 0 Å². The highest BCUT2D eigenvalue weighted by Crippen LogP contribution is 2.20. The summed E-state index contributed by atoms with van der Waals surface area (Å²) in [6.45, 7) is 0. The largest absolute Gasteiger partial charge is 0.342 e. The molecule has 1 aliphatic heterocycles. The van der Waals surface area contributed by atoms with Gasteiger partial charge in [-0.05, 0) is 12.8 Å². The van der Waals surface area contributed by atoms with E-state index in [2.05, 4.69) is 0 Å². The van der Waals surface area contributed by atoms with E-state index in [1.54, 1.807) is 11.9 Å². The van der Waals surface area contributed by atoms with E-state index in [0.717, 1.165) is 18.4 Å². The zero-order valence-electron chi connectivity index (χ0n) is 10.1. The SMILES string of the molecule is CN1C(=O)CCCC1CC(=O)c1ccccc1. The average molecular weight is 231 g/mol. The Morgan fingerprint density at radius 3 is 2.76 bits per heavy atom. The molecule has 0 radical (unpaired) electrons. The maximum Gasteiger partial charge on any atom is 0.222 e. The first kappa shape index (κ1) is 11.8. The summed E-state index contributed by atoms with van der Waals surface area (Å²) in [4.78, 5) is 25.3. The number of hydrogen-bond acceptors (Lipinski definition) is 2. The lowest BCUT2D eigenvalue weighted by atomic mass is 9.95. The normalized spacial score (nSPS) is 20.4. The summed E-state index contributed by atoms with van der Waals surface area (Å²) >= 11 is 0. The van der Waals surface area contributed by atoms with Crippen LogP contribution in [0.4, 0.5) is 0 Å². The van der Waals surface area contributed by atoms with Crippen LogP contribution >= 0.6 is 0 Å². The molecule has 1 aromatic carbocycles. The van der Waals surface area contributed by atoms with Crippen molar-refractivity contribution >= 4 is 11.7 Å². The van der Waals surface area contributed by atoms with E-state index in [4.69, 9.17) is 0 Å². The van der Waals surface area contributed by atoms with Crippen LogP contribution in [0.25, 0.3) is 0 Å². The number of ketones is 1. The lowest BCUT2D eigenvalue weighted by molar-refractivity contribution is -0.134. The first-order valence-electron chi connectivity index (χ1n) is 6.02. The molecule has 90 valence electrons. The molecule has 0 aliphatic carbocycles. The summed E-state index contributed by atoms with van der Waals surface area (Å²) in [5.74, 6) is 0.277. The Labute approximate surface area is 101 Å². The minimum Gasteiger partial charge on any atom is -0.342 e. The van der Waals surface area contributed by atoms with Crippen molar-refractivity contribution in [2.24, 2.45) is 0 Å². The highest BCUT2D eigenvalue weighted by molar-refractivity contribution is 5.96. The van der Waals surface area contributed by atoms with E-state index in [-0.39, 0.29) is 17.7 Å². The number of benzene rings is 1. The Hall–Kier alpha value is -1.64. The number of Topliss-reactive ketones (excluding diaryl/α,β-unsaturated/α-hetero) is 1. The predicted octanol–water partition coefficient (Wildman–Crippen LogP) is 2.27. The molecular weight excluding hydrogens is 214 g/mol. The second-order valence-electron chi connectivity index (χ2n) is 4.54. The molecule has 0 saturated carbocycles. The topological polar surface area (TPSA) is 37.4 Å². The molecule has 1 fully saturated rings. The van der Waals surface area contributed by atoms with Crippen LogP contribution in [0.2, 0.25) is 0 Å². The van der Waals surface area contributed by atoms with Gasteiger partial charge in [0.25, 0.3) is 0 Å². The summed E-state index contributed by atoms with van der Waals surface area (Å²) in [7, 11) is 1.80. The fraction of sp³-hybridized carbons (Fsp3) is 0.429. The van der Waals surface area contributed by atoms with Gasteiger partial charge in [0, 0.05) is 31.5 Å². The van der Waals surface area contributed by atoms with Gasteiger partial charge >= 0.3 is 0 Å². The number of carbonyl (C=O) groups is 2. The van der Waals surface area contributed by atoms with Crippen molar-refractivity contribution in [3.8, 4) is 0 Å². The Kier molecular flexibility index (Phi) is 3.57. The Morgan fingerprint density at radius 1 is 1.35 bits per heavy atom. The minimum absolute atomic E-state index is 0.0731. The van der Waals surface area contributed by atoms with Crippen molar-refractivity contribution in [2.45, 2.75) is 31.7 Å². The van der Waals surface area contributed by atoms with Crippen LogP contribution in [0.15, 0.2) is 30.3 Å². The molecule has 1 heterocycles. The summed E-state index contributed by atoms with van der Waals surface area (Å²) in [6.07, 6.45) is 2.88. The molecule has 0 N–H and O–H groups in total. The summed E-state index contributed by atoms with van der Waals surface area (Å²) in [6, 6.07) is 9.35. The van der Waals surface area contributed by atoms with Gasteiger partial charge in [-0.15, -0.1) is 0 Å². The van der Waals surface area contributed by atoms with Gasteiger partial charge in [0.1, 0.15) is 0 Å². The van der Waals surface area contributed by atoms with Gasteiger partial charge in [-0.2, -0.15) is 0 Å². The highest BCUT2D eigenvalue weighted by Gasteiger charge is 2.26. The molecule has 3 nitrogen and oxygen atoms in total. The summed E-state index contributed by atoms with van der Waals surface area (Å²) < 4.78 is 0. The Morgan fingerprint density at radius 2 is 2.06 bits per heavy atom. The highest BCUT2D eigenvalue weighted by atomic mass is 16.2. The van der Waals surface area contributed by atoms with E-state index in [0.29, 0.717) is 12.8 Å². The van der Waals surface area contributed by atoms with Gasteiger partial charge in [-0.25, -0.2) is 0 Å². The smallest absolute Gasteiger partial charge is 0.222 e. The van der Waals surface area contributed by atoms with Crippen LogP contribution in [0.3, 0.4) is 0 Å². The van der Waals surface area contributed by atoms with Crippen molar-refractivity contribution in [3.05, 3.63) is 35.9 Å². The van der Waals surface area contributed by atoms with Crippen molar-refractivity contribution in [2.75, 3.05) is 7.05 Å². The Balaban J connectivity index is 2.01. The number of amides is 1. The van der Waals surface area contributed by atoms with Crippen LogP contribution in [0.1, 0.15) is 36.0 Å². The van der Waals surface area contributed by atoms with Crippen LogP contribution in [0.5, 0.6) is 0 Å². The molecule has 17 heavy (non-hydrogen) atoms. The first-order valence-corrected chi connectivity index (χ1v) is 6.02. The molecule has 1 atom stereocenters. The van der Waals surface area contributed by atoms with Crippen molar-refractivity contribution in [3.63, 3.8) is 0 Å². The second-order valence-corrected chi connectivity index (χ2v) is 4.54. The van der Waals surface area contributed by atoms with Gasteiger partial charge in [0.15, 0.2) is 5.78 Å². The molecule has 0 bridgehead atoms. The van der Waals surface area contributed by atoms with Gasteiger partial charge < -0.3 is 4.90 Å². The standard InChI is InChI=1S/C14H17NO2/c1-15-12(8-5-9-14(15)17)10-13(16)11-6-3-2-4-7-11/h2-4,6-7,12H,5,8-10H2,1H3. The van der Waals surface area contributed by atoms with Crippen molar-refractivity contribution < 1.29 is 9.59 Å². The summed E-state index contributed by atoms with van der Waals surface area (Å²) in [5, 5.41) is 0. The number of carbonyl (C=O) groups excluding carboxylic acids is 2. The van der Waals surface area contributed by atoms with Gasteiger partial charge in [-0.3, -0.25) is 9.59 Å². The second kappa shape index (κ2) is 5.13. The first-order chi connectivity index (χ1) is 8.18. The molecule has 0 spiro atoms. The zero-order chi connectivity index (χ0) is 12.3. The molecule has 1 unspecified atom stereocenters. The molecular formula is C14H17NO2. The minimum atomic E-state index is 0.0731. The van der Waals surface area contributed by atoms with Gasteiger partial charge in [-0.1, -0.05) is 30.3 Å². The fourth-order valence-electron chi connectivity index (χ4n) is 2.26. The predicted molar refractivity (Wildman–Crippen MR) is 65.8 cm³/mol. The molecule has 1 saturated heterocycles. The van der Waals surface area contributed by atoms with Crippen LogP contribution in [-0.4, -0.2) is 29.7 Å². The zero-order valence-corrected chi connectivity index (χ0v) is 10.1. The maximum atomic E-state index is 12.0. The van der Waals surface area contributed by atoms with Crippen LogP contribution < -0.4 is 0 Å². The quantitative estimate of drug-likeness (QED) is 0.748. The molecule has 1 aliphatic rings. The molecule has 0 aromatic heterocycles. The van der Waals surface area contributed by atoms with E-state index in [1.807, 2.05) is 30.3 Å². The Bertz CT molecular complexity index is 413. The summed E-state index contributed by atoms with van der Waals surface area (Å²) in [5.41, 5.74) is 0.735. The lowest BCUT2D eigenvalue weighted by Crippen LogP contribution is -2.41. The number of hydrogen-bond donors (Lipinski definition) is 0. The lowest BCUT2D eigenvalue weighted by Gasteiger charge is -2.32. The average Bonchev–Trinajstić information content (AvgIpc) is 2.36. The molecule has 1 aromatic rings. The number of rotatable bonds is 3. The fourth-order valence-corrected chi connectivity index (χ4v) is 2.26. The number of piperidine rings is 1. The van der Waals surface area contributed by atoms with E-state index in [9.17, 15) is 9.59 Å². The van der Waals surface area contributed by atoms with Crippen molar-refractivity contribution in [1.82, 2.24) is 4.90 Å².